The fraction of sp³-hybridized carbons (Fsp3) is 0.500. The van der Waals surface area contributed by atoms with E-state index in [4.69, 9.17) is 9.84 Å². The fourth-order valence-corrected chi connectivity index (χ4v) is 1.78. The van der Waals surface area contributed by atoms with Crippen LogP contribution in [0, 0.1) is 5.92 Å². The third-order valence-electron chi connectivity index (χ3n) is 3.03. The highest BCUT2D eigenvalue weighted by molar-refractivity contribution is 5.67. The van der Waals surface area contributed by atoms with Gasteiger partial charge in [0.1, 0.15) is 0 Å². The number of hydrogen-bond acceptors (Lipinski definition) is 3. The van der Waals surface area contributed by atoms with E-state index in [0.29, 0.717) is 18.1 Å². The second kappa shape index (κ2) is 6.24. The molecule has 116 valence electrons. The summed E-state index contributed by atoms with van der Waals surface area (Å²) in [4.78, 5) is 10.5. The Kier molecular flexibility index (Phi) is 4.59. The molecule has 0 aliphatic heterocycles. The Bertz CT molecular complexity index is 509. The van der Waals surface area contributed by atoms with Crippen molar-refractivity contribution < 1.29 is 32.5 Å². The van der Waals surface area contributed by atoms with Gasteiger partial charge in [0, 0.05) is 6.42 Å². The summed E-state index contributed by atoms with van der Waals surface area (Å²) in [5.74, 6) is -1.01. The van der Waals surface area contributed by atoms with Gasteiger partial charge in [-0.1, -0.05) is 6.07 Å². The monoisotopic (exact) mass is 304 g/mol. The smallest absolute Gasteiger partial charge is 0.489 e. The minimum absolute atomic E-state index is 0.0262. The van der Waals surface area contributed by atoms with Crippen LogP contribution in [0.4, 0.5) is 13.2 Å². The second-order valence-electron chi connectivity index (χ2n) is 4.98. The highest BCUT2D eigenvalue weighted by Crippen LogP contribution is 2.36. The van der Waals surface area contributed by atoms with Crippen molar-refractivity contribution >= 4 is 5.97 Å². The van der Waals surface area contributed by atoms with Crippen molar-refractivity contribution in [3.05, 3.63) is 23.8 Å². The summed E-state index contributed by atoms with van der Waals surface area (Å²) >= 11 is 0. The second-order valence-corrected chi connectivity index (χ2v) is 4.98. The average Bonchev–Trinajstić information content (AvgIpc) is 3.17. The predicted molar refractivity (Wildman–Crippen MR) is 67.3 cm³/mol. The third kappa shape index (κ3) is 5.53. The number of rotatable bonds is 7. The molecule has 0 aromatic heterocycles. The van der Waals surface area contributed by atoms with Gasteiger partial charge in [-0.25, -0.2) is 0 Å². The van der Waals surface area contributed by atoms with Crippen molar-refractivity contribution in [1.82, 2.24) is 0 Å². The number of carboxylic acid groups (broad SMARTS) is 1. The molecule has 0 bridgehead atoms. The number of ether oxygens (including phenoxy) is 2. The molecule has 4 nitrogen and oxygen atoms in total. The summed E-state index contributed by atoms with van der Waals surface area (Å²) in [6, 6.07) is 4.12. The van der Waals surface area contributed by atoms with Crippen LogP contribution in [0.1, 0.15) is 24.8 Å². The highest BCUT2D eigenvalue weighted by atomic mass is 19.4. The number of carbonyl (C=O) groups is 1. The zero-order chi connectivity index (χ0) is 15.5. The molecule has 21 heavy (non-hydrogen) atoms. The normalized spacial score (nSPS) is 14.8. The van der Waals surface area contributed by atoms with Gasteiger partial charge in [-0.15, -0.1) is 13.2 Å². The summed E-state index contributed by atoms with van der Waals surface area (Å²) in [5, 5.41) is 8.60. The number of halogens is 3. The van der Waals surface area contributed by atoms with Crippen LogP contribution < -0.4 is 9.47 Å². The Labute approximate surface area is 119 Å². The van der Waals surface area contributed by atoms with Gasteiger partial charge in [0.05, 0.1) is 6.61 Å². The number of hydrogen-bond donors (Lipinski definition) is 1. The molecule has 0 radical (unpaired) electrons. The Hall–Kier alpha value is -1.92. The quantitative estimate of drug-likeness (QED) is 0.839. The summed E-state index contributed by atoms with van der Waals surface area (Å²) in [5.41, 5.74) is 0.454. The van der Waals surface area contributed by atoms with Crippen LogP contribution in [0.3, 0.4) is 0 Å². The molecular formula is C14H15F3O4. The van der Waals surface area contributed by atoms with Crippen molar-refractivity contribution in [2.75, 3.05) is 6.61 Å². The van der Waals surface area contributed by atoms with Gasteiger partial charge in [-0.05, 0) is 42.9 Å². The molecule has 1 N–H and O–H groups in total. The molecule has 1 fully saturated rings. The van der Waals surface area contributed by atoms with Crippen LogP contribution in [-0.4, -0.2) is 24.0 Å². The molecule has 0 heterocycles. The molecular weight excluding hydrogens is 289 g/mol. The van der Waals surface area contributed by atoms with Gasteiger partial charge in [0.25, 0.3) is 0 Å². The van der Waals surface area contributed by atoms with Gasteiger partial charge in [-0.3, -0.25) is 4.79 Å². The minimum Gasteiger partial charge on any atom is -0.489 e. The lowest BCUT2D eigenvalue weighted by molar-refractivity contribution is -0.275. The summed E-state index contributed by atoms with van der Waals surface area (Å²) in [6.45, 7) is 0.364. The van der Waals surface area contributed by atoms with Gasteiger partial charge in [-0.2, -0.15) is 0 Å². The Morgan fingerprint density at radius 3 is 2.57 bits per heavy atom. The number of benzene rings is 1. The fourth-order valence-electron chi connectivity index (χ4n) is 1.78. The molecule has 0 saturated heterocycles. The molecule has 1 aliphatic rings. The molecule has 1 aromatic rings. The van der Waals surface area contributed by atoms with Crippen molar-refractivity contribution in [1.29, 1.82) is 0 Å². The number of aryl methyl sites for hydroxylation is 1. The van der Waals surface area contributed by atoms with E-state index in [-0.39, 0.29) is 18.6 Å². The lowest BCUT2D eigenvalue weighted by atomic mass is 10.1. The number of aliphatic carboxylic acids is 1. The summed E-state index contributed by atoms with van der Waals surface area (Å²) < 4.78 is 46.5. The molecule has 0 unspecified atom stereocenters. The maximum Gasteiger partial charge on any atom is 0.573 e. The van der Waals surface area contributed by atoms with Crippen molar-refractivity contribution in [3.63, 3.8) is 0 Å². The van der Waals surface area contributed by atoms with Crippen LogP contribution >= 0.6 is 0 Å². The van der Waals surface area contributed by atoms with Crippen LogP contribution in [-0.2, 0) is 11.2 Å². The number of alkyl halides is 3. The molecule has 1 aromatic carbocycles. The van der Waals surface area contributed by atoms with E-state index in [9.17, 15) is 18.0 Å². The maximum absolute atomic E-state index is 12.4. The van der Waals surface area contributed by atoms with E-state index >= 15 is 0 Å². The van der Waals surface area contributed by atoms with E-state index in [0.717, 1.165) is 12.8 Å². The van der Waals surface area contributed by atoms with Gasteiger partial charge in [0.15, 0.2) is 11.5 Å². The zero-order valence-corrected chi connectivity index (χ0v) is 11.2. The van der Waals surface area contributed by atoms with Crippen LogP contribution in [0.2, 0.25) is 0 Å². The Balaban J connectivity index is 2.11. The molecule has 0 amide bonds. The molecule has 0 spiro atoms. The van der Waals surface area contributed by atoms with Crippen LogP contribution in [0.25, 0.3) is 0 Å². The average molecular weight is 304 g/mol. The maximum atomic E-state index is 12.4. The molecule has 1 aliphatic carbocycles. The van der Waals surface area contributed by atoms with E-state index in [2.05, 4.69) is 4.74 Å². The third-order valence-corrected chi connectivity index (χ3v) is 3.03. The molecule has 0 atom stereocenters. The highest BCUT2D eigenvalue weighted by Gasteiger charge is 2.33. The van der Waals surface area contributed by atoms with E-state index in [1.807, 2.05) is 0 Å². The first-order valence-electron chi connectivity index (χ1n) is 6.57. The van der Waals surface area contributed by atoms with Crippen LogP contribution in [0.5, 0.6) is 11.5 Å². The number of carboxylic acids is 1. The summed E-state index contributed by atoms with van der Waals surface area (Å²) in [7, 11) is 0. The first-order valence-corrected chi connectivity index (χ1v) is 6.57. The van der Waals surface area contributed by atoms with Crippen molar-refractivity contribution in [3.8, 4) is 11.5 Å². The van der Waals surface area contributed by atoms with Crippen LogP contribution in [0.15, 0.2) is 18.2 Å². The van der Waals surface area contributed by atoms with Gasteiger partial charge < -0.3 is 14.6 Å². The SMILES string of the molecule is O=C(O)CCc1ccc(OCC2CC2)c(OC(F)(F)F)c1. The van der Waals surface area contributed by atoms with E-state index in [1.54, 1.807) is 6.07 Å². The van der Waals surface area contributed by atoms with Gasteiger partial charge in [0.2, 0.25) is 0 Å². The Morgan fingerprint density at radius 1 is 1.29 bits per heavy atom. The van der Waals surface area contributed by atoms with E-state index < -0.39 is 18.1 Å². The predicted octanol–water partition coefficient (Wildman–Crippen LogP) is 3.39. The van der Waals surface area contributed by atoms with E-state index in [1.165, 1.54) is 12.1 Å². The molecule has 2 rings (SSSR count). The van der Waals surface area contributed by atoms with Gasteiger partial charge >= 0.3 is 12.3 Å². The summed E-state index contributed by atoms with van der Waals surface area (Å²) in [6.07, 6.45) is -2.80. The Morgan fingerprint density at radius 2 is 2.00 bits per heavy atom. The zero-order valence-electron chi connectivity index (χ0n) is 11.2. The molecule has 1 saturated carbocycles. The largest absolute Gasteiger partial charge is 0.573 e. The molecule has 7 heteroatoms. The topological polar surface area (TPSA) is 55.8 Å². The lowest BCUT2D eigenvalue weighted by Crippen LogP contribution is -2.18. The van der Waals surface area contributed by atoms with Crippen molar-refractivity contribution in [2.45, 2.75) is 32.0 Å². The first kappa shape index (κ1) is 15.5. The minimum atomic E-state index is -4.82. The van der Waals surface area contributed by atoms with Crippen molar-refractivity contribution in [2.24, 2.45) is 5.92 Å². The first-order chi connectivity index (χ1) is 9.83. The standard InChI is InChI=1S/C14H15F3O4/c15-14(16,17)21-12-7-9(4-6-13(18)19)3-5-11(12)20-8-10-1-2-10/h3,5,7,10H,1-2,4,6,8H2,(H,18,19). The lowest BCUT2D eigenvalue weighted by Gasteiger charge is -2.15.